The highest BCUT2D eigenvalue weighted by Crippen LogP contribution is 2.31. The third-order valence-electron chi connectivity index (χ3n) is 2.10. The number of nitrogen functional groups attached to an aromatic ring is 1. The number of rotatable bonds is 1. The minimum Gasteiger partial charge on any atom is -0.497 e. The first-order chi connectivity index (χ1) is 8.31. The fourth-order valence-corrected chi connectivity index (χ4v) is 1.46. The molecule has 17 heavy (non-hydrogen) atoms. The van der Waals surface area contributed by atoms with Gasteiger partial charge in [0.25, 0.3) is 0 Å². The number of nitrogens with one attached hydrogen (secondary N) is 1. The zero-order valence-electron chi connectivity index (χ0n) is 11.5. The minimum absolute atomic E-state index is 0.735. The molecular formula is C14H24N2O. The highest BCUT2D eigenvalue weighted by atomic mass is 16.5. The molecule has 0 atom stereocenters. The molecule has 0 radical (unpaired) electrons. The van der Waals surface area contributed by atoms with E-state index in [0.717, 1.165) is 29.2 Å². The van der Waals surface area contributed by atoms with Gasteiger partial charge in [0.2, 0.25) is 0 Å². The molecule has 3 heteroatoms. The molecule has 0 bridgehead atoms. The van der Waals surface area contributed by atoms with Gasteiger partial charge in [0.1, 0.15) is 5.75 Å². The Morgan fingerprint density at radius 2 is 1.82 bits per heavy atom. The maximum atomic E-state index is 5.84. The second-order valence-corrected chi connectivity index (χ2v) is 2.96. The molecule has 0 spiro atoms. The van der Waals surface area contributed by atoms with E-state index in [1.165, 1.54) is 0 Å². The topological polar surface area (TPSA) is 47.3 Å². The second-order valence-electron chi connectivity index (χ2n) is 2.96. The molecule has 0 amide bonds. The van der Waals surface area contributed by atoms with Gasteiger partial charge in [0.15, 0.2) is 0 Å². The molecule has 0 aromatic heterocycles. The number of nitrogens with two attached hydrogens (primary N) is 1. The highest BCUT2D eigenvalue weighted by molar-refractivity contribution is 5.81. The molecule has 0 saturated carbocycles. The largest absolute Gasteiger partial charge is 0.497 e. The molecule has 0 saturated heterocycles. The molecule has 0 unspecified atom stereocenters. The van der Waals surface area contributed by atoms with Crippen molar-refractivity contribution in [3.05, 3.63) is 23.8 Å². The lowest BCUT2D eigenvalue weighted by molar-refractivity contribution is 0.415. The van der Waals surface area contributed by atoms with Crippen molar-refractivity contribution >= 4 is 17.5 Å². The van der Waals surface area contributed by atoms with Crippen molar-refractivity contribution in [3.63, 3.8) is 0 Å². The third kappa shape index (κ3) is 4.02. The van der Waals surface area contributed by atoms with Crippen molar-refractivity contribution in [1.82, 2.24) is 0 Å². The predicted molar refractivity (Wildman–Crippen MR) is 77.6 cm³/mol. The summed E-state index contributed by atoms with van der Waals surface area (Å²) >= 11 is 0. The van der Waals surface area contributed by atoms with Crippen LogP contribution in [0.15, 0.2) is 18.2 Å². The normalized spacial score (nSPS) is 10.9. The Balaban J connectivity index is 0.000000581. The zero-order valence-corrected chi connectivity index (χ0v) is 11.5. The van der Waals surface area contributed by atoms with Crippen molar-refractivity contribution in [2.24, 2.45) is 0 Å². The Morgan fingerprint density at radius 3 is 2.41 bits per heavy atom. The summed E-state index contributed by atoms with van der Waals surface area (Å²) in [5.74, 6) is 0.796. The van der Waals surface area contributed by atoms with Gasteiger partial charge in [-0.2, -0.15) is 0 Å². The average Bonchev–Trinajstić information content (AvgIpc) is 2.43. The number of benzene rings is 1. The van der Waals surface area contributed by atoms with Crippen LogP contribution in [0.5, 0.6) is 5.75 Å². The first-order valence-corrected chi connectivity index (χ1v) is 6.19. The fourth-order valence-electron chi connectivity index (χ4n) is 1.46. The van der Waals surface area contributed by atoms with Crippen molar-refractivity contribution < 1.29 is 4.74 Å². The average molecular weight is 236 g/mol. The molecule has 0 aliphatic carbocycles. The van der Waals surface area contributed by atoms with Gasteiger partial charge in [-0.05, 0) is 6.07 Å². The minimum atomic E-state index is 0.735. The van der Waals surface area contributed by atoms with Gasteiger partial charge in [0.05, 0.1) is 18.5 Å². The first kappa shape index (κ1) is 15.4. The Morgan fingerprint density at radius 1 is 1.18 bits per heavy atom. The molecule has 96 valence electrons. The van der Waals surface area contributed by atoms with Gasteiger partial charge in [-0.25, -0.2) is 0 Å². The van der Waals surface area contributed by atoms with Crippen LogP contribution in [0.25, 0.3) is 6.08 Å². The number of methoxy groups -OCH3 is 1. The van der Waals surface area contributed by atoms with Gasteiger partial charge in [-0.1, -0.05) is 39.8 Å². The van der Waals surface area contributed by atoms with Crippen molar-refractivity contribution in [3.8, 4) is 5.75 Å². The summed E-state index contributed by atoms with van der Waals surface area (Å²) < 4.78 is 5.12. The monoisotopic (exact) mass is 236 g/mol. The van der Waals surface area contributed by atoms with Crippen LogP contribution in [0.1, 0.15) is 33.3 Å². The SMILES string of the molecule is CC.CC.COc1cc(N)c2c(c1)C=CCN2. The lowest BCUT2D eigenvalue weighted by atomic mass is 10.1. The molecule has 3 nitrogen and oxygen atoms in total. The molecule has 1 aliphatic heterocycles. The fraction of sp³-hybridized carbons (Fsp3) is 0.429. The Bertz CT molecular complexity index is 359. The van der Waals surface area contributed by atoms with E-state index < -0.39 is 0 Å². The molecule has 0 fully saturated rings. The van der Waals surface area contributed by atoms with E-state index in [0.29, 0.717) is 0 Å². The number of fused-ring (bicyclic) bond motifs is 1. The summed E-state index contributed by atoms with van der Waals surface area (Å²) in [6.07, 6.45) is 4.10. The Hall–Kier alpha value is -1.64. The van der Waals surface area contributed by atoms with E-state index in [9.17, 15) is 0 Å². The molecule has 2 rings (SSSR count). The Labute approximate surface area is 105 Å². The Kier molecular flexibility index (Phi) is 7.68. The van der Waals surface area contributed by atoms with Gasteiger partial charge in [-0.3, -0.25) is 0 Å². The number of anilines is 2. The lowest BCUT2D eigenvalue weighted by Gasteiger charge is -2.16. The summed E-state index contributed by atoms with van der Waals surface area (Å²) in [6.45, 7) is 8.84. The van der Waals surface area contributed by atoms with Crippen LogP contribution in [0, 0.1) is 0 Å². The van der Waals surface area contributed by atoms with Crippen molar-refractivity contribution in [1.29, 1.82) is 0 Å². The quantitative estimate of drug-likeness (QED) is 0.730. The van der Waals surface area contributed by atoms with Gasteiger partial charge < -0.3 is 15.8 Å². The molecule has 1 aromatic carbocycles. The maximum absolute atomic E-state index is 5.84. The summed E-state index contributed by atoms with van der Waals surface area (Å²) in [6, 6.07) is 3.79. The van der Waals surface area contributed by atoms with E-state index in [-0.39, 0.29) is 0 Å². The van der Waals surface area contributed by atoms with E-state index >= 15 is 0 Å². The van der Waals surface area contributed by atoms with Gasteiger partial charge >= 0.3 is 0 Å². The molecule has 1 aliphatic rings. The van der Waals surface area contributed by atoms with Crippen LogP contribution >= 0.6 is 0 Å². The molecule has 1 aromatic rings. The van der Waals surface area contributed by atoms with E-state index in [1.54, 1.807) is 7.11 Å². The summed E-state index contributed by atoms with van der Waals surface area (Å²) in [5.41, 5.74) is 8.67. The van der Waals surface area contributed by atoms with Crippen LogP contribution in [-0.2, 0) is 0 Å². The number of ether oxygens (including phenoxy) is 1. The van der Waals surface area contributed by atoms with Crippen molar-refractivity contribution in [2.45, 2.75) is 27.7 Å². The van der Waals surface area contributed by atoms with Gasteiger partial charge in [0, 0.05) is 18.2 Å². The molecule has 3 N–H and O–H groups in total. The van der Waals surface area contributed by atoms with Gasteiger partial charge in [-0.15, -0.1) is 0 Å². The van der Waals surface area contributed by atoms with Crippen LogP contribution in [0.3, 0.4) is 0 Å². The number of hydrogen-bond acceptors (Lipinski definition) is 3. The van der Waals surface area contributed by atoms with E-state index in [2.05, 4.69) is 11.4 Å². The lowest BCUT2D eigenvalue weighted by Crippen LogP contribution is -2.07. The zero-order chi connectivity index (χ0) is 13.3. The highest BCUT2D eigenvalue weighted by Gasteiger charge is 2.08. The van der Waals surface area contributed by atoms with Crippen LogP contribution in [-0.4, -0.2) is 13.7 Å². The summed E-state index contributed by atoms with van der Waals surface area (Å²) in [5, 5.41) is 3.21. The molecule has 1 heterocycles. The van der Waals surface area contributed by atoms with Crippen LogP contribution in [0.4, 0.5) is 11.4 Å². The van der Waals surface area contributed by atoms with Crippen LogP contribution < -0.4 is 15.8 Å². The van der Waals surface area contributed by atoms with Crippen LogP contribution in [0.2, 0.25) is 0 Å². The molecular weight excluding hydrogens is 212 g/mol. The maximum Gasteiger partial charge on any atom is 0.121 e. The smallest absolute Gasteiger partial charge is 0.121 e. The third-order valence-corrected chi connectivity index (χ3v) is 2.10. The first-order valence-electron chi connectivity index (χ1n) is 6.19. The second kappa shape index (κ2) is 8.50. The van der Waals surface area contributed by atoms with E-state index in [1.807, 2.05) is 45.9 Å². The predicted octanol–water partition coefficient (Wildman–Crippen LogP) is 3.77. The van der Waals surface area contributed by atoms with E-state index in [4.69, 9.17) is 10.5 Å². The number of hydrogen-bond donors (Lipinski definition) is 2. The summed E-state index contributed by atoms with van der Waals surface area (Å²) in [7, 11) is 1.64. The standard InChI is InChI=1S/C10H12N2O.2C2H6/c1-13-8-5-7-3-2-4-12-10(7)9(11)6-8;2*1-2/h2-3,5-6,12H,4,11H2,1H3;2*1-2H3. The van der Waals surface area contributed by atoms with Crippen molar-refractivity contribution in [2.75, 3.05) is 24.7 Å². The summed E-state index contributed by atoms with van der Waals surface area (Å²) in [4.78, 5) is 0.